The van der Waals surface area contributed by atoms with Gasteiger partial charge in [-0.2, -0.15) is 0 Å². The van der Waals surface area contributed by atoms with Gasteiger partial charge in [-0.25, -0.2) is 0 Å². The first kappa shape index (κ1) is 14.2. The summed E-state index contributed by atoms with van der Waals surface area (Å²) in [6.07, 6.45) is 2.32. The maximum atomic E-state index is 9.19. The van der Waals surface area contributed by atoms with Crippen molar-refractivity contribution in [3.05, 3.63) is 24.3 Å². The molecule has 106 valence electrons. The molecule has 0 bridgehead atoms. The van der Waals surface area contributed by atoms with Gasteiger partial charge in [-0.1, -0.05) is 0 Å². The van der Waals surface area contributed by atoms with E-state index in [0.29, 0.717) is 19.1 Å². The number of rotatable bonds is 6. The van der Waals surface area contributed by atoms with E-state index < -0.39 is 0 Å². The van der Waals surface area contributed by atoms with Gasteiger partial charge in [0.2, 0.25) is 0 Å². The molecule has 1 aliphatic rings. The minimum atomic E-state index is 0.301. The third-order valence-electron chi connectivity index (χ3n) is 3.60. The third kappa shape index (κ3) is 4.40. The monoisotopic (exact) mass is 265 g/mol. The maximum absolute atomic E-state index is 9.19. The first-order valence-corrected chi connectivity index (χ1v) is 6.92. The average molecular weight is 265 g/mol. The lowest BCUT2D eigenvalue weighted by atomic mass is 9.99. The number of aliphatic hydroxyl groups is 1. The van der Waals surface area contributed by atoms with Crippen molar-refractivity contribution >= 4 is 0 Å². The molecule has 1 aromatic rings. The van der Waals surface area contributed by atoms with Crippen molar-refractivity contribution in [2.24, 2.45) is 5.92 Å². The quantitative estimate of drug-likeness (QED) is 0.851. The smallest absolute Gasteiger partial charge is 0.119 e. The Hall–Kier alpha value is -1.26. The van der Waals surface area contributed by atoms with Crippen LogP contribution in [-0.2, 0) is 0 Å². The van der Waals surface area contributed by atoms with E-state index in [1.807, 2.05) is 24.3 Å². The van der Waals surface area contributed by atoms with Gasteiger partial charge in [0, 0.05) is 19.7 Å². The maximum Gasteiger partial charge on any atom is 0.119 e. The summed E-state index contributed by atoms with van der Waals surface area (Å²) in [5.74, 6) is 2.15. The molecule has 1 heterocycles. The largest absolute Gasteiger partial charge is 0.497 e. The number of benzene rings is 1. The van der Waals surface area contributed by atoms with Gasteiger partial charge in [-0.15, -0.1) is 0 Å². The lowest BCUT2D eigenvalue weighted by Gasteiger charge is -2.31. The molecule has 2 rings (SSSR count). The summed E-state index contributed by atoms with van der Waals surface area (Å²) in [7, 11) is 1.66. The summed E-state index contributed by atoms with van der Waals surface area (Å²) >= 11 is 0. The van der Waals surface area contributed by atoms with Gasteiger partial charge < -0.3 is 14.6 Å². The van der Waals surface area contributed by atoms with Crippen molar-refractivity contribution in [2.45, 2.75) is 12.8 Å². The number of ether oxygens (including phenoxy) is 2. The van der Waals surface area contributed by atoms with Crippen molar-refractivity contribution in [1.29, 1.82) is 0 Å². The van der Waals surface area contributed by atoms with Crippen molar-refractivity contribution in [2.75, 3.05) is 40.0 Å². The summed E-state index contributed by atoms with van der Waals surface area (Å²) in [6, 6.07) is 7.65. The molecule has 4 nitrogen and oxygen atoms in total. The highest BCUT2D eigenvalue weighted by Crippen LogP contribution is 2.18. The molecule has 1 saturated heterocycles. The molecule has 1 aliphatic heterocycles. The predicted octanol–water partition coefficient (Wildman–Crippen LogP) is 1.78. The molecule has 19 heavy (non-hydrogen) atoms. The fourth-order valence-electron chi connectivity index (χ4n) is 2.47. The van der Waals surface area contributed by atoms with E-state index in [9.17, 15) is 5.11 Å². The molecule has 0 aliphatic carbocycles. The van der Waals surface area contributed by atoms with Crippen molar-refractivity contribution in [3.8, 4) is 11.5 Å². The highest BCUT2D eigenvalue weighted by atomic mass is 16.5. The zero-order chi connectivity index (χ0) is 13.5. The molecule has 0 spiro atoms. The first-order chi connectivity index (χ1) is 9.31. The fourth-order valence-corrected chi connectivity index (χ4v) is 2.47. The highest BCUT2D eigenvalue weighted by molar-refractivity contribution is 5.31. The van der Waals surface area contributed by atoms with Crippen LogP contribution in [0.3, 0.4) is 0 Å². The Bertz CT molecular complexity index is 366. The summed E-state index contributed by atoms with van der Waals surface area (Å²) in [6.45, 7) is 4.01. The van der Waals surface area contributed by atoms with Gasteiger partial charge in [0.25, 0.3) is 0 Å². The molecule has 1 atom stereocenters. The van der Waals surface area contributed by atoms with Crippen LogP contribution in [0.1, 0.15) is 12.8 Å². The lowest BCUT2D eigenvalue weighted by molar-refractivity contribution is 0.107. The van der Waals surface area contributed by atoms with E-state index in [4.69, 9.17) is 9.47 Å². The Kier molecular flexibility index (Phi) is 5.48. The SMILES string of the molecule is COc1ccc(OCCN2CCCC(CO)C2)cc1. The number of hydrogen-bond acceptors (Lipinski definition) is 4. The van der Waals surface area contributed by atoms with E-state index in [1.54, 1.807) is 7.11 Å². The van der Waals surface area contributed by atoms with E-state index in [2.05, 4.69) is 4.90 Å². The van der Waals surface area contributed by atoms with Gasteiger partial charge in [0.05, 0.1) is 7.11 Å². The van der Waals surface area contributed by atoms with Gasteiger partial charge in [-0.05, 0) is 49.6 Å². The number of aliphatic hydroxyl groups excluding tert-OH is 1. The molecule has 1 aromatic carbocycles. The summed E-state index contributed by atoms with van der Waals surface area (Å²) in [5, 5.41) is 9.19. The van der Waals surface area contributed by atoms with E-state index in [-0.39, 0.29) is 0 Å². The van der Waals surface area contributed by atoms with Crippen LogP contribution < -0.4 is 9.47 Å². The summed E-state index contributed by atoms with van der Waals surface area (Å²) < 4.78 is 10.8. The molecule has 0 radical (unpaired) electrons. The zero-order valence-electron chi connectivity index (χ0n) is 11.5. The Labute approximate surface area is 114 Å². The standard InChI is InChI=1S/C15H23NO3/c1-18-14-4-6-15(7-5-14)19-10-9-16-8-2-3-13(11-16)12-17/h4-7,13,17H,2-3,8-12H2,1H3. The number of hydrogen-bond donors (Lipinski definition) is 1. The third-order valence-corrected chi connectivity index (χ3v) is 3.60. The minimum absolute atomic E-state index is 0.301. The van der Waals surface area contributed by atoms with Crippen LogP contribution in [0.5, 0.6) is 11.5 Å². The predicted molar refractivity (Wildman–Crippen MR) is 74.7 cm³/mol. The van der Waals surface area contributed by atoms with E-state index >= 15 is 0 Å². The number of piperidine rings is 1. The van der Waals surface area contributed by atoms with Gasteiger partial charge >= 0.3 is 0 Å². The molecule has 0 aromatic heterocycles. The molecule has 1 fully saturated rings. The highest BCUT2D eigenvalue weighted by Gasteiger charge is 2.18. The number of methoxy groups -OCH3 is 1. The van der Waals surface area contributed by atoms with Crippen LogP contribution >= 0.6 is 0 Å². The Morgan fingerprint density at radius 1 is 1.26 bits per heavy atom. The number of nitrogens with zero attached hydrogens (tertiary/aromatic N) is 1. The normalized spacial score (nSPS) is 20.2. The van der Waals surface area contributed by atoms with Crippen molar-refractivity contribution < 1.29 is 14.6 Å². The van der Waals surface area contributed by atoms with Crippen LogP contribution in [0.4, 0.5) is 0 Å². The summed E-state index contributed by atoms with van der Waals surface area (Å²) in [5.41, 5.74) is 0. The van der Waals surface area contributed by atoms with Gasteiger partial charge in [0.15, 0.2) is 0 Å². The minimum Gasteiger partial charge on any atom is -0.497 e. The van der Waals surface area contributed by atoms with Gasteiger partial charge in [0.1, 0.15) is 18.1 Å². The van der Waals surface area contributed by atoms with Crippen LogP contribution in [0.2, 0.25) is 0 Å². The van der Waals surface area contributed by atoms with E-state index in [0.717, 1.165) is 37.6 Å². The molecular weight excluding hydrogens is 242 g/mol. The van der Waals surface area contributed by atoms with Crippen LogP contribution in [0, 0.1) is 5.92 Å². The first-order valence-electron chi connectivity index (χ1n) is 6.92. The van der Waals surface area contributed by atoms with Crippen LogP contribution in [0.15, 0.2) is 24.3 Å². The van der Waals surface area contributed by atoms with Gasteiger partial charge in [-0.3, -0.25) is 4.90 Å². The average Bonchev–Trinajstić information content (AvgIpc) is 2.48. The Balaban J connectivity index is 1.70. The van der Waals surface area contributed by atoms with Crippen molar-refractivity contribution in [3.63, 3.8) is 0 Å². The molecular formula is C15H23NO3. The summed E-state index contributed by atoms with van der Waals surface area (Å²) in [4.78, 5) is 2.37. The van der Waals surface area contributed by atoms with Crippen molar-refractivity contribution in [1.82, 2.24) is 4.90 Å². The zero-order valence-corrected chi connectivity index (χ0v) is 11.5. The second kappa shape index (κ2) is 7.36. The second-order valence-corrected chi connectivity index (χ2v) is 5.02. The topological polar surface area (TPSA) is 41.9 Å². The van der Waals surface area contributed by atoms with Crippen LogP contribution in [0.25, 0.3) is 0 Å². The van der Waals surface area contributed by atoms with Crippen LogP contribution in [-0.4, -0.2) is 50.0 Å². The fraction of sp³-hybridized carbons (Fsp3) is 0.600. The molecule has 0 saturated carbocycles. The molecule has 1 N–H and O–H groups in total. The Morgan fingerprint density at radius 2 is 2.00 bits per heavy atom. The van der Waals surface area contributed by atoms with E-state index in [1.165, 1.54) is 6.42 Å². The lowest BCUT2D eigenvalue weighted by Crippen LogP contribution is -2.39. The molecule has 0 amide bonds. The number of likely N-dealkylation sites (tertiary alicyclic amines) is 1. The molecule has 4 heteroatoms. The molecule has 1 unspecified atom stereocenters. The Morgan fingerprint density at radius 3 is 2.68 bits per heavy atom. The second-order valence-electron chi connectivity index (χ2n) is 5.02.